The molecule has 2 aliphatic rings. The van der Waals surface area contributed by atoms with Gasteiger partial charge in [-0.1, -0.05) is 56.3 Å². The fraction of sp³-hybridized carbons (Fsp3) is 0.387. The number of ether oxygens (including phenoxy) is 3. The molecular formula is C31H32O6. The van der Waals surface area contributed by atoms with Crippen LogP contribution >= 0.6 is 0 Å². The van der Waals surface area contributed by atoms with Crippen LogP contribution in [0.3, 0.4) is 0 Å². The van der Waals surface area contributed by atoms with Crippen molar-refractivity contribution >= 4 is 17.9 Å². The molecule has 192 valence electrons. The molecule has 6 heteroatoms. The summed E-state index contributed by atoms with van der Waals surface area (Å²) in [4.78, 5) is 37.6. The minimum atomic E-state index is -0.540. The first-order valence-electron chi connectivity index (χ1n) is 12.8. The molecule has 0 radical (unpaired) electrons. The van der Waals surface area contributed by atoms with E-state index in [4.69, 9.17) is 14.2 Å². The summed E-state index contributed by atoms with van der Waals surface area (Å²) in [6, 6.07) is 17.7. The molecule has 6 nitrogen and oxygen atoms in total. The van der Waals surface area contributed by atoms with E-state index in [1.165, 1.54) is 0 Å². The second-order valence-corrected chi connectivity index (χ2v) is 9.53. The lowest BCUT2D eigenvalue weighted by Crippen LogP contribution is -2.27. The molecule has 2 aromatic carbocycles. The highest BCUT2D eigenvalue weighted by Gasteiger charge is 2.50. The number of benzene rings is 2. The van der Waals surface area contributed by atoms with Crippen molar-refractivity contribution in [3.63, 3.8) is 0 Å². The van der Waals surface area contributed by atoms with Gasteiger partial charge in [-0.05, 0) is 30.3 Å². The van der Waals surface area contributed by atoms with Crippen LogP contribution in [0.4, 0.5) is 0 Å². The van der Waals surface area contributed by atoms with Gasteiger partial charge in [-0.2, -0.15) is 0 Å². The minimum absolute atomic E-state index is 0.0630. The summed E-state index contributed by atoms with van der Waals surface area (Å²) in [7, 11) is 0. The smallest absolute Gasteiger partial charge is 0.338 e. The number of hydrogen-bond acceptors (Lipinski definition) is 6. The van der Waals surface area contributed by atoms with Crippen LogP contribution in [0.5, 0.6) is 0 Å². The molecule has 1 saturated heterocycles. The highest BCUT2D eigenvalue weighted by molar-refractivity contribution is 5.90. The van der Waals surface area contributed by atoms with Gasteiger partial charge in [-0.3, -0.25) is 4.79 Å². The molecule has 2 fully saturated rings. The average molecular weight is 501 g/mol. The van der Waals surface area contributed by atoms with Crippen LogP contribution in [-0.4, -0.2) is 36.2 Å². The van der Waals surface area contributed by atoms with Crippen molar-refractivity contribution in [1.29, 1.82) is 0 Å². The van der Waals surface area contributed by atoms with E-state index in [-0.39, 0.29) is 36.2 Å². The largest absolute Gasteiger partial charge is 0.462 e. The Morgan fingerprint density at radius 3 is 2.32 bits per heavy atom. The third kappa shape index (κ3) is 6.68. The summed E-state index contributed by atoms with van der Waals surface area (Å²) < 4.78 is 17.3. The van der Waals surface area contributed by atoms with Crippen LogP contribution in [0.1, 0.15) is 60.2 Å². The number of rotatable bonds is 8. The average Bonchev–Trinajstić information content (AvgIpc) is 3.42. The van der Waals surface area contributed by atoms with Gasteiger partial charge in [0.25, 0.3) is 0 Å². The Bertz CT molecular complexity index is 1180. The lowest BCUT2D eigenvalue weighted by atomic mass is 9.90. The number of carbonyl (C=O) groups excluding carboxylic acids is 3. The third-order valence-electron chi connectivity index (χ3n) is 6.88. The van der Waals surface area contributed by atoms with Crippen LogP contribution < -0.4 is 0 Å². The quantitative estimate of drug-likeness (QED) is 0.209. The van der Waals surface area contributed by atoms with Crippen LogP contribution in [0.15, 0.2) is 72.8 Å². The molecule has 0 spiro atoms. The normalized spacial score (nSPS) is 23.9. The van der Waals surface area contributed by atoms with Crippen molar-refractivity contribution in [2.75, 3.05) is 0 Å². The summed E-state index contributed by atoms with van der Waals surface area (Å²) >= 11 is 0. The van der Waals surface area contributed by atoms with Crippen molar-refractivity contribution in [1.82, 2.24) is 0 Å². The zero-order chi connectivity index (χ0) is 26.2. The molecule has 6 atom stereocenters. The Morgan fingerprint density at radius 2 is 1.68 bits per heavy atom. The molecule has 1 aliphatic heterocycles. The van der Waals surface area contributed by atoms with E-state index in [0.717, 1.165) is 6.42 Å². The van der Waals surface area contributed by atoms with Gasteiger partial charge in [0, 0.05) is 37.0 Å². The van der Waals surface area contributed by atoms with E-state index in [1.807, 2.05) is 38.1 Å². The summed E-state index contributed by atoms with van der Waals surface area (Å²) in [6.45, 7) is 3.98. The Morgan fingerprint density at radius 1 is 1.03 bits per heavy atom. The highest BCUT2D eigenvalue weighted by atomic mass is 16.6. The number of esters is 3. The van der Waals surface area contributed by atoms with E-state index in [2.05, 4.69) is 11.8 Å². The van der Waals surface area contributed by atoms with Gasteiger partial charge in [0.1, 0.15) is 18.3 Å². The van der Waals surface area contributed by atoms with Crippen LogP contribution in [0, 0.1) is 29.6 Å². The molecule has 1 saturated carbocycles. The maximum absolute atomic E-state index is 12.9. The molecule has 0 N–H and O–H groups in total. The topological polar surface area (TPSA) is 78.9 Å². The molecule has 0 amide bonds. The summed E-state index contributed by atoms with van der Waals surface area (Å²) in [5, 5.41) is 0. The Kier molecular flexibility index (Phi) is 8.79. The predicted molar refractivity (Wildman–Crippen MR) is 138 cm³/mol. The lowest BCUT2D eigenvalue weighted by Gasteiger charge is -2.23. The Labute approximate surface area is 218 Å². The lowest BCUT2D eigenvalue weighted by molar-refractivity contribution is -0.141. The van der Waals surface area contributed by atoms with Gasteiger partial charge in [0.15, 0.2) is 0 Å². The summed E-state index contributed by atoms with van der Waals surface area (Å²) in [6.07, 6.45) is 4.53. The van der Waals surface area contributed by atoms with E-state index in [1.54, 1.807) is 48.5 Å². The summed E-state index contributed by atoms with van der Waals surface area (Å²) in [5.74, 6) is 4.74. The summed E-state index contributed by atoms with van der Waals surface area (Å²) in [5.41, 5.74) is 0.940. The van der Waals surface area contributed by atoms with Crippen LogP contribution in [0.2, 0.25) is 0 Å². The maximum atomic E-state index is 12.9. The zero-order valence-electron chi connectivity index (χ0n) is 21.2. The molecule has 0 aromatic heterocycles. The van der Waals surface area contributed by atoms with Crippen LogP contribution in [-0.2, 0) is 19.0 Å². The van der Waals surface area contributed by atoms with Gasteiger partial charge in [0.05, 0.1) is 17.5 Å². The molecule has 37 heavy (non-hydrogen) atoms. The SMILES string of the molecule is CCC#CCC(C)[C@@H](/C=C/[C@@H]1[C@H]2CC(=O)O[C@H]2C[C@H]1OC(=O)c1ccccc1)OC(=O)c1ccccc1. The second kappa shape index (κ2) is 12.4. The van der Waals surface area contributed by atoms with Crippen molar-refractivity contribution in [3.05, 3.63) is 83.9 Å². The predicted octanol–water partition coefficient (Wildman–Crippen LogP) is 5.39. The molecular weight excluding hydrogens is 468 g/mol. The van der Waals surface area contributed by atoms with Gasteiger partial charge in [-0.15, -0.1) is 11.8 Å². The van der Waals surface area contributed by atoms with Gasteiger partial charge >= 0.3 is 17.9 Å². The minimum Gasteiger partial charge on any atom is -0.462 e. The second-order valence-electron chi connectivity index (χ2n) is 9.53. The number of hydrogen-bond donors (Lipinski definition) is 0. The number of fused-ring (bicyclic) bond motifs is 1. The first-order chi connectivity index (χ1) is 18.0. The Balaban J connectivity index is 1.54. The first-order valence-corrected chi connectivity index (χ1v) is 12.8. The molecule has 1 heterocycles. The van der Waals surface area contributed by atoms with Crippen molar-refractivity contribution in [2.24, 2.45) is 17.8 Å². The van der Waals surface area contributed by atoms with E-state index < -0.39 is 24.1 Å². The highest BCUT2D eigenvalue weighted by Crippen LogP contribution is 2.44. The zero-order valence-corrected chi connectivity index (χ0v) is 21.2. The molecule has 0 bridgehead atoms. The van der Waals surface area contributed by atoms with Crippen molar-refractivity contribution < 1.29 is 28.6 Å². The fourth-order valence-electron chi connectivity index (χ4n) is 4.89. The third-order valence-corrected chi connectivity index (χ3v) is 6.88. The molecule has 4 rings (SSSR count). The monoisotopic (exact) mass is 500 g/mol. The first kappa shape index (κ1) is 26.2. The van der Waals surface area contributed by atoms with Crippen molar-refractivity contribution in [2.45, 2.75) is 57.8 Å². The van der Waals surface area contributed by atoms with Gasteiger partial charge < -0.3 is 14.2 Å². The van der Waals surface area contributed by atoms with E-state index in [9.17, 15) is 14.4 Å². The van der Waals surface area contributed by atoms with Crippen molar-refractivity contribution in [3.8, 4) is 11.8 Å². The van der Waals surface area contributed by atoms with Crippen LogP contribution in [0.25, 0.3) is 0 Å². The molecule has 2 aromatic rings. The van der Waals surface area contributed by atoms with Gasteiger partial charge in [0.2, 0.25) is 0 Å². The Hall–Kier alpha value is -3.85. The van der Waals surface area contributed by atoms with E-state index >= 15 is 0 Å². The molecule has 1 aliphatic carbocycles. The standard InChI is InChI=1S/C31H32O6/c1-3-4-7-12-21(2)26(36-30(33)22-13-8-5-9-14-22)18-17-24-25-19-29(32)35-28(25)20-27(24)37-31(34)23-15-10-6-11-16-23/h5-6,8-11,13-18,21,24-28H,3,12,19-20H2,1-2H3/b18-17+/t21?,24-,25-,26-,27-,28+/m1/s1. The number of carbonyl (C=O) groups is 3. The van der Waals surface area contributed by atoms with Gasteiger partial charge in [-0.25, -0.2) is 9.59 Å². The van der Waals surface area contributed by atoms with E-state index in [0.29, 0.717) is 24.0 Å². The fourth-order valence-corrected chi connectivity index (χ4v) is 4.89. The molecule has 1 unspecified atom stereocenters. The maximum Gasteiger partial charge on any atom is 0.338 e.